The minimum Gasteiger partial charge on any atom is -0.493 e. The normalized spacial score (nSPS) is 15.6. The molecule has 4 rings (SSSR count). The van der Waals surface area contributed by atoms with Crippen LogP contribution in [0.1, 0.15) is 43.7 Å². The van der Waals surface area contributed by atoms with E-state index in [4.69, 9.17) is 14.2 Å². The number of hydrogen-bond donors (Lipinski definition) is 0. The van der Waals surface area contributed by atoms with Gasteiger partial charge >= 0.3 is 5.97 Å². The monoisotopic (exact) mass is 498 g/mol. The summed E-state index contributed by atoms with van der Waals surface area (Å²) in [5.41, 5.74) is 1.25. The number of fused-ring (bicyclic) bond motifs is 1. The minimum atomic E-state index is -0.761. The molecule has 34 heavy (non-hydrogen) atoms. The zero-order valence-corrected chi connectivity index (χ0v) is 21.1. The second-order valence-corrected chi connectivity index (χ2v) is 9.53. The van der Waals surface area contributed by atoms with Gasteiger partial charge in [-0.25, -0.2) is 9.79 Å². The molecule has 0 radical (unpaired) electrons. The molecule has 2 aromatic heterocycles. The molecule has 1 unspecified atom stereocenters. The van der Waals surface area contributed by atoms with E-state index in [1.54, 1.807) is 42.9 Å². The Hall–Kier alpha value is -3.17. The molecule has 3 heterocycles. The number of allylic oxidation sites excluding steroid dienone is 1. The van der Waals surface area contributed by atoms with E-state index in [0.29, 0.717) is 44.3 Å². The third-order valence-electron chi connectivity index (χ3n) is 5.31. The van der Waals surface area contributed by atoms with Gasteiger partial charge in [0, 0.05) is 10.4 Å². The van der Waals surface area contributed by atoms with Crippen LogP contribution in [0.4, 0.5) is 0 Å². The van der Waals surface area contributed by atoms with Gasteiger partial charge in [0.2, 0.25) is 0 Å². The number of rotatable bonds is 8. The molecule has 0 saturated heterocycles. The highest BCUT2D eigenvalue weighted by atomic mass is 32.1. The number of ether oxygens (including phenoxy) is 3. The molecule has 9 heteroatoms. The number of carbonyl (C=O) groups excluding carboxylic acids is 1. The van der Waals surface area contributed by atoms with Crippen molar-refractivity contribution >= 4 is 34.7 Å². The van der Waals surface area contributed by atoms with Gasteiger partial charge in [-0.1, -0.05) is 36.5 Å². The number of benzene rings is 1. The standard InChI is InChI=1S/C25H26N2O5S2/c1-5-12-32-22-17(10-7-11-18(22)30-4)21-20(24(29)31-6-2)15(3)26-25-27(21)23(28)19(34-25)14-16-9-8-13-33-16/h7-11,13-14,21H,5-6,12H2,1-4H3. The van der Waals surface area contributed by atoms with Crippen molar-refractivity contribution < 1.29 is 19.0 Å². The number of nitrogens with zero attached hydrogens (tertiary/aromatic N) is 2. The molecule has 0 aliphatic carbocycles. The van der Waals surface area contributed by atoms with Crippen LogP contribution in [0, 0.1) is 0 Å². The van der Waals surface area contributed by atoms with E-state index in [-0.39, 0.29) is 12.2 Å². The predicted octanol–water partition coefficient (Wildman–Crippen LogP) is 3.66. The number of methoxy groups -OCH3 is 1. The first-order valence-electron chi connectivity index (χ1n) is 11.0. The quantitative estimate of drug-likeness (QED) is 0.443. The van der Waals surface area contributed by atoms with Crippen LogP contribution >= 0.6 is 22.7 Å². The second kappa shape index (κ2) is 10.4. The first-order valence-corrected chi connectivity index (χ1v) is 12.7. The highest BCUT2D eigenvalue weighted by Gasteiger charge is 2.36. The summed E-state index contributed by atoms with van der Waals surface area (Å²) < 4.78 is 19.1. The molecule has 1 atom stereocenters. The fourth-order valence-electron chi connectivity index (χ4n) is 3.86. The van der Waals surface area contributed by atoms with Crippen molar-refractivity contribution in [1.29, 1.82) is 0 Å². The van der Waals surface area contributed by atoms with E-state index in [1.807, 2.05) is 42.6 Å². The molecule has 0 N–H and O–H groups in total. The fourth-order valence-corrected chi connectivity index (χ4v) is 5.63. The molecular formula is C25H26N2O5S2. The largest absolute Gasteiger partial charge is 0.493 e. The van der Waals surface area contributed by atoms with Gasteiger partial charge in [0.15, 0.2) is 16.3 Å². The van der Waals surface area contributed by atoms with Crippen molar-refractivity contribution in [3.63, 3.8) is 0 Å². The zero-order chi connectivity index (χ0) is 24.2. The molecule has 7 nitrogen and oxygen atoms in total. The summed E-state index contributed by atoms with van der Waals surface area (Å²) >= 11 is 2.85. The Bertz CT molecular complexity index is 1400. The van der Waals surface area contributed by atoms with Crippen molar-refractivity contribution in [1.82, 2.24) is 4.57 Å². The van der Waals surface area contributed by atoms with Gasteiger partial charge in [0.1, 0.15) is 6.04 Å². The molecule has 178 valence electrons. The Morgan fingerprint density at radius 2 is 2.06 bits per heavy atom. The third-order valence-corrected chi connectivity index (χ3v) is 7.11. The minimum absolute atomic E-state index is 0.211. The van der Waals surface area contributed by atoms with Gasteiger partial charge in [-0.05, 0) is 43.9 Å². The van der Waals surface area contributed by atoms with E-state index in [9.17, 15) is 9.59 Å². The Kier molecular flexibility index (Phi) is 7.33. The number of aromatic nitrogens is 1. The summed E-state index contributed by atoms with van der Waals surface area (Å²) in [6.45, 7) is 6.20. The lowest BCUT2D eigenvalue weighted by atomic mass is 9.94. The van der Waals surface area contributed by atoms with Gasteiger partial charge in [-0.2, -0.15) is 0 Å². The number of thiophene rings is 1. The Morgan fingerprint density at radius 3 is 2.74 bits per heavy atom. The smallest absolute Gasteiger partial charge is 0.338 e. The van der Waals surface area contributed by atoms with Crippen LogP contribution in [0.3, 0.4) is 0 Å². The number of para-hydroxylation sites is 1. The summed E-state index contributed by atoms with van der Waals surface area (Å²) in [6.07, 6.45) is 2.65. The molecule has 3 aromatic rings. The number of carbonyl (C=O) groups is 1. The van der Waals surface area contributed by atoms with E-state index in [1.165, 1.54) is 11.3 Å². The topological polar surface area (TPSA) is 79.1 Å². The zero-order valence-electron chi connectivity index (χ0n) is 19.5. The highest BCUT2D eigenvalue weighted by Crippen LogP contribution is 2.40. The van der Waals surface area contributed by atoms with Crippen LogP contribution in [0.2, 0.25) is 0 Å². The maximum Gasteiger partial charge on any atom is 0.338 e. The number of hydrogen-bond acceptors (Lipinski definition) is 8. The van der Waals surface area contributed by atoms with Crippen LogP contribution < -0.4 is 24.4 Å². The maximum atomic E-state index is 13.7. The maximum absolute atomic E-state index is 13.7. The molecule has 1 aromatic carbocycles. The molecule has 0 saturated carbocycles. The summed E-state index contributed by atoms with van der Waals surface area (Å²) in [6, 6.07) is 8.61. The van der Waals surface area contributed by atoms with Crippen molar-refractivity contribution in [2.75, 3.05) is 20.3 Å². The first-order chi connectivity index (χ1) is 16.5. The second-order valence-electron chi connectivity index (χ2n) is 7.54. The Labute approximate surface area is 205 Å². The van der Waals surface area contributed by atoms with Crippen LogP contribution in [-0.4, -0.2) is 30.9 Å². The summed E-state index contributed by atoms with van der Waals surface area (Å²) in [5.74, 6) is 0.524. The van der Waals surface area contributed by atoms with Crippen LogP contribution in [-0.2, 0) is 9.53 Å². The Morgan fingerprint density at radius 1 is 1.24 bits per heavy atom. The van der Waals surface area contributed by atoms with Gasteiger partial charge in [-0.3, -0.25) is 9.36 Å². The van der Waals surface area contributed by atoms with E-state index in [0.717, 1.165) is 11.3 Å². The van der Waals surface area contributed by atoms with Crippen molar-refractivity contribution in [3.05, 3.63) is 77.1 Å². The lowest BCUT2D eigenvalue weighted by molar-refractivity contribution is -0.139. The first kappa shape index (κ1) is 24.0. The fraction of sp³-hybridized carbons (Fsp3) is 0.320. The van der Waals surface area contributed by atoms with Crippen LogP contribution in [0.15, 0.2) is 56.8 Å². The molecular weight excluding hydrogens is 472 g/mol. The molecule has 0 bridgehead atoms. The van der Waals surface area contributed by atoms with E-state index >= 15 is 0 Å². The highest BCUT2D eigenvalue weighted by molar-refractivity contribution is 7.11. The SMILES string of the molecule is CCCOc1c(OC)cccc1C1C(C(=O)OCC)=C(C)N=c2sc(=Cc3cccs3)c(=O)n21. The van der Waals surface area contributed by atoms with Crippen LogP contribution in [0.5, 0.6) is 11.5 Å². The lowest BCUT2D eigenvalue weighted by Crippen LogP contribution is -2.40. The lowest BCUT2D eigenvalue weighted by Gasteiger charge is -2.27. The molecule has 0 fully saturated rings. The average molecular weight is 499 g/mol. The van der Waals surface area contributed by atoms with E-state index in [2.05, 4.69) is 4.99 Å². The van der Waals surface area contributed by atoms with E-state index < -0.39 is 12.0 Å². The van der Waals surface area contributed by atoms with Crippen molar-refractivity contribution in [3.8, 4) is 11.5 Å². The molecule has 0 spiro atoms. The van der Waals surface area contributed by atoms with Gasteiger partial charge in [0.05, 0.1) is 36.1 Å². The number of thiazole rings is 1. The third kappa shape index (κ3) is 4.45. The predicted molar refractivity (Wildman–Crippen MR) is 133 cm³/mol. The van der Waals surface area contributed by atoms with Crippen molar-refractivity contribution in [2.24, 2.45) is 4.99 Å². The van der Waals surface area contributed by atoms with Gasteiger partial charge < -0.3 is 14.2 Å². The van der Waals surface area contributed by atoms with Crippen molar-refractivity contribution in [2.45, 2.75) is 33.2 Å². The molecule has 1 aliphatic rings. The van der Waals surface area contributed by atoms with Gasteiger partial charge in [-0.15, -0.1) is 11.3 Å². The number of esters is 1. The molecule has 1 aliphatic heterocycles. The van der Waals surface area contributed by atoms with Gasteiger partial charge in [0.25, 0.3) is 5.56 Å². The van der Waals surface area contributed by atoms with Crippen LogP contribution in [0.25, 0.3) is 6.08 Å². The summed E-state index contributed by atoms with van der Waals surface area (Å²) in [5, 5.41) is 1.96. The molecule has 0 amide bonds. The Balaban J connectivity index is 2.01. The summed E-state index contributed by atoms with van der Waals surface area (Å²) in [4.78, 5) is 32.9. The average Bonchev–Trinajstić information content (AvgIpc) is 3.44. The summed E-state index contributed by atoms with van der Waals surface area (Å²) in [7, 11) is 1.57.